The number of aromatic nitrogens is 4. The molecule has 0 N–H and O–H groups in total. The van der Waals surface area contributed by atoms with Crippen LogP contribution >= 0.6 is 11.6 Å². The summed E-state index contributed by atoms with van der Waals surface area (Å²) in [4.78, 5) is 1.50. The lowest BCUT2D eigenvalue weighted by Gasteiger charge is -2.29. The molecule has 0 aromatic carbocycles. The molecule has 1 unspecified atom stereocenters. The highest BCUT2D eigenvalue weighted by Gasteiger charge is 2.28. The van der Waals surface area contributed by atoms with Crippen LogP contribution in [-0.2, 0) is 13.5 Å². The Labute approximate surface area is 102 Å². The lowest BCUT2D eigenvalue weighted by Crippen LogP contribution is -2.26. The van der Waals surface area contributed by atoms with Gasteiger partial charge in [0.25, 0.3) is 0 Å². The van der Waals surface area contributed by atoms with Crippen molar-refractivity contribution in [1.82, 2.24) is 20.2 Å². The van der Waals surface area contributed by atoms with Crippen LogP contribution in [0, 0.1) is 5.41 Å². The van der Waals surface area contributed by atoms with Crippen molar-refractivity contribution in [1.29, 1.82) is 0 Å². The van der Waals surface area contributed by atoms with Gasteiger partial charge in [-0.3, -0.25) is 0 Å². The van der Waals surface area contributed by atoms with E-state index in [1.807, 2.05) is 0 Å². The minimum atomic E-state index is 0.139. The van der Waals surface area contributed by atoms with Crippen LogP contribution in [-0.4, -0.2) is 26.1 Å². The predicted molar refractivity (Wildman–Crippen MR) is 65.5 cm³/mol. The monoisotopic (exact) mass is 244 g/mol. The normalized spacial score (nSPS) is 15.0. The molecule has 0 fully saturated rings. The van der Waals surface area contributed by atoms with Crippen molar-refractivity contribution in [2.45, 2.75) is 46.0 Å². The Kier molecular flexibility index (Phi) is 5.19. The lowest BCUT2D eigenvalue weighted by atomic mass is 9.79. The fraction of sp³-hybridized carbons (Fsp3) is 0.909. The third-order valence-corrected chi connectivity index (χ3v) is 3.74. The van der Waals surface area contributed by atoms with Gasteiger partial charge in [0.2, 0.25) is 0 Å². The fourth-order valence-corrected chi connectivity index (χ4v) is 2.30. The maximum absolute atomic E-state index is 6.13. The van der Waals surface area contributed by atoms with Gasteiger partial charge in [0.05, 0.1) is 7.05 Å². The summed E-state index contributed by atoms with van der Waals surface area (Å²) in [5, 5.41) is 12.1. The smallest absolute Gasteiger partial charge is 0.167 e. The topological polar surface area (TPSA) is 43.6 Å². The van der Waals surface area contributed by atoms with E-state index in [2.05, 4.69) is 29.3 Å². The van der Waals surface area contributed by atoms with E-state index in [9.17, 15) is 0 Å². The molecule has 0 bridgehead atoms. The summed E-state index contributed by atoms with van der Waals surface area (Å²) in [6, 6.07) is 0. The van der Waals surface area contributed by atoms with Crippen LogP contribution < -0.4 is 0 Å². The van der Waals surface area contributed by atoms with Gasteiger partial charge >= 0.3 is 0 Å². The molecule has 1 heterocycles. The Balaban J connectivity index is 2.69. The third kappa shape index (κ3) is 3.44. The maximum Gasteiger partial charge on any atom is 0.175 e. The number of halogens is 1. The molecule has 0 aliphatic heterocycles. The third-order valence-electron chi connectivity index (χ3n) is 3.18. The summed E-state index contributed by atoms with van der Waals surface area (Å²) < 4.78 is 0. The van der Waals surface area contributed by atoms with Crippen LogP contribution in [0.5, 0.6) is 0 Å². The molecule has 1 atom stereocenters. The van der Waals surface area contributed by atoms with Crippen LogP contribution in [0.2, 0.25) is 0 Å². The maximum atomic E-state index is 6.13. The second kappa shape index (κ2) is 6.18. The van der Waals surface area contributed by atoms with Crippen molar-refractivity contribution in [2.75, 3.05) is 5.88 Å². The molecule has 1 aromatic heterocycles. The number of alkyl halides is 1. The van der Waals surface area contributed by atoms with Gasteiger partial charge in [0.15, 0.2) is 5.82 Å². The van der Waals surface area contributed by atoms with Crippen molar-refractivity contribution in [2.24, 2.45) is 12.5 Å². The molecule has 1 aromatic rings. The van der Waals surface area contributed by atoms with Crippen molar-refractivity contribution in [3.63, 3.8) is 0 Å². The Hall–Kier alpha value is -0.640. The Morgan fingerprint density at radius 3 is 2.56 bits per heavy atom. The van der Waals surface area contributed by atoms with Crippen LogP contribution in [0.25, 0.3) is 0 Å². The first-order valence-electron chi connectivity index (χ1n) is 5.94. The molecule has 16 heavy (non-hydrogen) atoms. The van der Waals surface area contributed by atoms with Crippen molar-refractivity contribution < 1.29 is 0 Å². The van der Waals surface area contributed by atoms with Crippen LogP contribution in [0.4, 0.5) is 0 Å². The highest BCUT2D eigenvalue weighted by molar-refractivity contribution is 6.18. The summed E-state index contributed by atoms with van der Waals surface area (Å²) in [7, 11) is 1.79. The zero-order valence-corrected chi connectivity index (χ0v) is 11.2. The second-order valence-electron chi connectivity index (χ2n) is 4.46. The first-order chi connectivity index (χ1) is 7.65. The van der Waals surface area contributed by atoms with Crippen LogP contribution in [0.1, 0.15) is 45.4 Å². The number of hydrogen-bond donors (Lipinski definition) is 0. The lowest BCUT2D eigenvalue weighted by molar-refractivity contribution is 0.273. The molecule has 0 aliphatic carbocycles. The summed E-state index contributed by atoms with van der Waals surface area (Å²) in [5.74, 6) is 1.47. The molecule has 0 saturated heterocycles. The van der Waals surface area contributed by atoms with E-state index in [1.54, 1.807) is 7.05 Å². The summed E-state index contributed by atoms with van der Waals surface area (Å²) in [6.07, 6.45) is 5.45. The van der Waals surface area contributed by atoms with E-state index in [1.165, 1.54) is 17.6 Å². The van der Waals surface area contributed by atoms with Gasteiger partial charge in [-0.1, -0.05) is 26.7 Å². The summed E-state index contributed by atoms with van der Waals surface area (Å²) >= 11 is 6.13. The largest absolute Gasteiger partial charge is 0.175 e. The molecule has 4 nitrogen and oxygen atoms in total. The minimum absolute atomic E-state index is 0.139. The molecule has 0 spiro atoms. The molecule has 5 heteroatoms. The first kappa shape index (κ1) is 13.4. The Bertz CT molecular complexity index is 307. The van der Waals surface area contributed by atoms with Gasteiger partial charge in [0, 0.05) is 12.3 Å². The Morgan fingerprint density at radius 1 is 1.38 bits per heavy atom. The zero-order valence-electron chi connectivity index (χ0n) is 10.4. The molecular formula is C11H21ClN4. The van der Waals surface area contributed by atoms with Gasteiger partial charge in [-0.25, -0.2) is 0 Å². The average Bonchev–Trinajstić information content (AvgIpc) is 2.70. The summed E-state index contributed by atoms with van der Waals surface area (Å²) in [6.45, 7) is 4.39. The van der Waals surface area contributed by atoms with Gasteiger partial charge in [-0.05, 0) is 23.5 Å². The molecule has 92 valence electrons. The van der Waals surface area contributed by atoms with Crippen molar-refractivity contribution in [3.05, 3.63) is 5.82 Å². The van der Waals surface area contributed by atoms with Gasteiger partial charge in [0.1, 0.15) is 0 Å². The zero-order chi connectivity index (χ0) is 12.0. The van der Waals surface area contributed by atoms with Crippen molar-refractivity contribution in [3.8, 4) is 0 Å². The molecular weight excluding hydrogens is 224 g/mol. The van der Waals surface area contributed by atoms with E-state index in [-0.39, 0.29) is 5.41 Å². The van der Waals surface area contributed by atoms with E-state index >= 15 is 0 Å². The summed E-state index contributed by atoms with van der Waals surface area (Å²) in [5.41, 5.74) is 0.139. The average molecular weight is 245 g/mol. The molecule has 0 radical (unpaired) electrons. The number of aryl methyl sites for hydroxylation is 1. The Morgan fingerprint density at radius 2 is 2.12 bits per heavy atom. The molecule has 1 rings (SSSR count). The highest BCUT2D eigenvalue weighted by Crippen LogP contribution is 2.33. The van der Waals surface area contributed by atoms with E-state index in [0.717, 1.165) is 25.1 Å². The van der Waals surface area contributed by atoms with Gasteiger partial charge in [-0.2, -0.15) is 4.80 Å². The minimum Gasteiger partial charge on any atom is -0.167 e. The van der Waals surface area contributed by atoms with E-state index in [4.69, 9.17) is 11.6 Å². The van der Waals surface area contributed by atoms with Crippen molar-refractivity contribution >= 4 is 11.6 Å². The molecule has 0 amide bonds. The van der Waals surface area contributed by atoms with E-state index in [0.29, 0.717) is 5.88 Å². The number of nitrogens with zero attached hydrogens (tertiary/aromatic N) is 4. The highest BCUT2D eigenvalue weighted by atomic mass is 35.5. The second-order valence-corrected chi connectivity index (χ2v) is 4.73. The predicted octanol–water partition coefficient (Wildman–Crippen LogP) is 2.58. The molecule has 0 aliphatic rings. The first-order valence-corrected chi connectivity index (χ1v) is 6.48. The number of tetrazole rings is 1. The quantitative estimate of drug-likeness (QED) is 0.693. The van der Waals surface area contributed by atoms with Crippen LogP contribution in [0.3, 0.4) is 0 Å². The van der Waals surface area contributed by atoms with Gasteiger partial charge in [-0.15, -0.1) is 21.8 Å². The molecule has 0 saturated carbocycles. The fourth-order valence-electron chi connectivity index (χ4n) is 1.88. The standard InChI is InChI=1S/C11H21ClN4/c1-4-6-7-11(5-2,9-12)8-10-13-15-16(3)14-10/h4-9H2,1-3H3. The number of unbranched alkanes of at least 4 members (excludes halogenated alkanes) is 1. The number of hydrogen-bond acceptors (Lipinski definition) is 3. The van der Waals surface area contributed by atoms with Gasteiger partial charge < -0.3 is 0 Å². The number of rotatable bonds is 7. The van der Waals surface area contributed by atoms with Crippen LogP contribution in [0.15, 0.2) is 0 Å². The SMILES string of the molecule is CCCCC(CC)(CCl)Cc1nnn(C)n1. The van der Waals surface area contributed by atoms with E-state index < -0.39 is 0 Å².